The minimum atomic E-state index is 0.0547. The molecule has 3 heteroatoms. The Morgan fingerprint density at radius 3 is 2.70 bits per heavy atom. The van der Waals surface area contributed by atoms with Gasteiger partial charge in [-0.15, -0.1) is 0 Å². The molecule has 2 N–H and O–H groups in total. The van der Waals surface area contributed by atoms with Crippen molar-refractivity contribution in [3.8, 4) is 5.75 Å². The zero-order valence-electron chi connectivity index (χ0n) is 12.6. The number of hydrogen-bond acceptors (Lipinski definition) is 3. The van der Waals surface area contributed by atoms with Crippen LogP contribution < -0.4 is 10.5 Å². The lowest BCUT2D eigenvalue weighted by molar-refractivity contribution is 0.0462. The summed E-state index contributed by atoms with van der Waals surface area (Å²) in [5.41, 5.74) is 7.67. The molecule has 1 heterocycles. The third-order valence-electron chi connectivity index (χ3n) is 5.21. The molecule has 0 bridgehead atoms. The largest absolute Gasteiger partial charge is 0.492 e. The van der Waals surface area contributed by atoms with Gasteiger partial charge in [-0.25, -0.2) is 0 Å². The number of rotatable bonds is 2. The van der Waals surface area contributed by atoms with E-state index in [1.165, 1.54) is 25.7 Å². The highest BCUT2D eigenvalue weighted by molar-refractivity contribution is 5.38. The Morgan fingerprint density at radius 1 is 1.15 bits per heavy atom. The van der Waals surface area contributed by atoms with Crippen molar-refractivity contribution in [2.75, 3.05) is 13.7 Å². The van der Waals surface area contributed by atoms with Crippen molar-refractivity contribution in [3.63, 3.8) is 0 Å². The highest BCUT2D eigenvalue weighted by Gasteiger charge is 2.36. The number of benzene rings is 1. The molecule has 0 aromatic heterocycles. The van der Waals surface area contributed by atoms with Crippen LogP contribution in [0, 0.1) is 5.92 Å². The van der Waals surface area contributed by atoms with Crippen molar-refractivity contribution in [2.45, 2.75) is 50.7 Å². The molecule has 110 valence electrons. The Kier molecular flexibility index (Phi) is 3.99. The fourth-order valence-electron chi connectivity index (χ4n) is 3.89. The maximum atomic E-state index is 6.52. The molecule has 0 spiro atoms. The van der Waals surface area contributed by atoms with Gasteiger partial charge in [0.25, 0.3) is 0 Å². The van der Waals surface area contributed by atoms with Crippen molar-refractivity contribution in [1.82, 2.24) is 4.90 Å². The van der Waals surface area contributed by atoms with Crippen LogP contribution in [0.5, 0.6) is 5.75 Å². The summed E-state index contributed by atoms with van der Waals surface area (Å²) >= 11 is 0. The number of hydrogen-bond donors (Lipinski definition) is 1. The van der Waals surface area contributed by atoms with E-state index in [1.807, 2.05) is 18.2 Å². The Balaban J connectivity index is 1.78. The van der Waals surface area contributed by atoms with E-state index in [1.54, 1.807) is 0 Å². The van der Waals surface area contributed by atoms with Crippen molar-refractivity contribution in [1.29, 1.82) is 0 Å². The lowest BCUT2D eigenvalue weighted by Gasteiger charge is -2.44. The van der Waals surface area contributed by atoms with Gasteiger partial charge in [0.15, 0.2) is 0 Å². The summed E-state index contributed by atoms with van der Waals surface area (Å²) in [6, 6.07) is 9.17. The first kappa shape index (κ1) is 13.9. The highest BCUT2D eigenvalue weighted by atomic mass is 16.5. The van der Waals surface area contributed by atoms with E-state index < -0.39 is 0 Å². The first-order chi connectivity index (χ1) is 9.68. The van der Waals surface area contributed by atoms with Gasteiger partial charge in [-0.3, -0.25) is 4.90 Å². The average Bonchev–Trinajstić information content (AvgIpc) is 2.48. The first-order valence-electron chi connectivity index (χ1n) is 7.87. The molecule has 0 saturated heterocycles. The second kappa shape index (κ2) is 5.74. The number of nitrogens with two attached hydrogens (primary N) is 1. The van der Waals surface area contributed by atoms with Crippen molar-refractivity contribution < 1.29 is 4.74 Å². The van der Waals surface area contributed by atoms with Gasteiger partial charge in [0.05, 0.1) is 12.1 Å². The summed E-state index contributed by atoms with van der Waals surface area (Å²) in [6.07, 6.45) is 5.36. The normalized spacial score (nSPS) is 33.6. The number of nitrogens with zero attached hydrogens (tertiary/aromatic N) is 1. The van der Waals surface area contributed by atoms with E-state index in [9.17, 15) is 0 Å². The first-order valence-corrected chi connectivity index (χ1v) is 7.87. The van der Waals surface area contributed by atoms with E-state index in [0.29, 0.717) is 12.6 Å². The maximum absolute atomic E-state index is 6.52. The number of fused-ring (bicyclic) bond motifs is 1. The van der Waals surface area contributed by atoms with Gasteiger partial charge >= 0.3 is 0 Å². The summed E-state index contributed by atoms with van der Waals surface area (Å²) in [5, 5.41) is 0. The minimum Gasteiger partial charge on any atom is -0.492 e. The SMILES string of the molecule is CC1CCCCC1N(C)C1COc2ccccc2C1N. The predicted octanol–water partition coefficient (Wildman–Crippen LogP) is 2.96. The molecule has 1 aromatic carbocycles. The Morgan fingerprint density at radius 2 is 1.90 bits per heavy atom. The monoisotopic (exact) mass is 274 g/mol. The van der Waals surface area contributed by atoms with Gasteiger partial charge < -0.3 is 10.5 Å². The molecular weight excluding hydrogens is 248 g/mol. The molecule has 1 fully saturated rings. The molecule has 3 rings (SSSR count). The second-order valence-corrected chi connectivity index (χ2v) is 6.44. The molecule has 1 saturated carbocycles. The van der Waals surface area contributed by atoms with Crippen molar-refractivity contribution >= 4 is 0 Å². The third-order valence-corrected chi connectivity index (χ3v) is 5.21. The fourth-order valence-corrected chi connectivity index (χ4v) is 3.89. The molecule has 20 heavy (non-hydrogen) atoms. The Bertz CT molecular complexity index is 462. The molecule has 0 amide bonds. The quantitative estimate of drug-likeness (QED) is 0.901. The Hall–Kier alpha value is -1.06. The lowest BCUT2D eigenvalue weighted by Crippen LogP contribution is -2.53. The van der Waals surface area contributed by atoms with Gasteiger partial charge in [-0.1, -0.05) is 38.0 Å². The van der Waals surface area contributed by atoms with Crippen molar-refractivity contribution in [3.05, 3.63) is 29.8 Å². The van der Waals surface area contributed by atoms with Gasteiger partial charge in [-0.2, -0.15) is 0 Å². The molecule has 4 unspecified atom stereocenters. The summed E-state index contributed by atoms with van der Waals surface area (Å²) in [5.74, 6) is 1.72. The zero-order valence-corrected chi connectivity index (χ0v) is 12.6. The number of likely N-dealkylation sites (N-methyl/N-ethyl adjacent to an activating group) is 1. The zero-order chi connectivity index (χ0) is 14.1. The van der Waals surface area contributed by atoms with Crippen LogP contribution in [0.2, 0.25) is 0 Å². The molecule has 1 aromatic rings. The van der Waals surface area contributed by atoms with Gasteiger partial charge in [0, 0.05) is 11.6 Å². The minimum absolute atomic E-state index is 0.0547. The average molecular weight is 274 g/mol. The van der Waals surface area contributed by atoms with Gasteiger partial charge in [-0.05, 0) is 31.9 Å². The fraction of sp³-hybridized carbons (Fsp3) is 0.647. The second-order valence-electron chi connectivity index (χ2n) is 6.44. The van der Waals surface area contributed by atoms with Crippen LogP contribution in [-0.2, 0) is 0 Å². The summed E-state index contributed by atoms with van der Waals surface area (Å²) in [7, 11) is 2.23. The molecule has 1 aliphatic heterocycles. The predicted molar refractivity (Wildman–Crippen MR) is 81.8 cm³/mol. The van der Waals surface area contributed by atoms with E-state index >= 15 is 0 Å². The van der Waals surface area contributed by atoms with Crippen LogP contribution in [0.1, 0.15) is 44.2 Å². The van der Waals surface area contributed by atoms with Crippen LogP contribution in [0.15, 0.2) is 24.3 Å². The van der Waals surface area contributed by atoms with Crippen LogP contribution >= 0.6 is 0 Å². The van der Waals surface area contributed by atoms with Crippen LogP contribution in [-0.4, -0.2) is 30.6 Å². The molecule has 2 aliphatic rings. The van der Waals surface area contributed by atoms with Gasteiger partial charge in [0.1, 0.15) is 12.4 Å². The molecule has 1 aliphatic carbocycles. The highest BCUT2D eigenvalue weighted by Crippen LogP contribution is 2.35. The van der Waals surface area contributed by atoms with Gasteiger partial charge in [0.2, 0.25) is 0 Å². The molecule has 3 nitrogen and oxygen atoms in total. The van der Waals surface area contributed by atoms with Crippen molar-refractivity contribution in [2.24, 2.45) is 11.7 Å². The van der Waals surface area contributed by atoms with E-state index in [-0.39, 0.29) is 12.1 Å². The summed E-state index contributed by atoms with van der Waals surface area (Å²) in [4.78, 5) is 2.49. The molecule has 4 atom stereocenters. The number of para-hydroxylation sites is 1. The molecular formula is C17H26N2O. The maximum Gasteiger partial charge on any atom is 0.124 e. The van der Waals surface area contributed by atoms with Crippen LogP contribution in [0.4, 0.5) is 0 Å². The topological polar surface area (TPSA) is 38.5 Å². The van der Waals surface area contributed by atoms with E-state index in [4.69, 9.17) is 10.5 Å². The molecule has 0 radical (unpaired) electrons. The number of ether oxygens (including phenoxy) is 1. The van der Waals surface area contributed by atoms with E-state index in [2.05, 4.69) is 24.9 Å². The van der Waals surface area contributed by atoms with Crippen LogP contribution in [0.3, 0.4) is 0 Å². The smallest absolute Gasteiger partial charge is 0.124 e. The lowest BCUT2D eigenvalue weighted by atomic mass is 9.83. The third kappa shape index (κ3) is 2.45. The van der Waals surface area contributed by atoms with E-state index in [0.717, 1.165) is 17.2 Å². The summed E-state index contributed by atoms with van der Waals surface area (Å²) < 4.78 is 5.93. The van der Waals surface area contributed by atoms with Crippen LogP contribution in [0.25, 0.3) is 0 Å². The summed E-state index contributed by atoms with van der Waals surface area (Å²) in [6.45, 7) is 3.08. The Labute approximate surface area is 122 Å². The standard InChI is InChI=1S/C17H26N2O/c1-12-7-3-5-9-14(12)19(2)15-11-20-16-10-6-4-8-13(16)17(15)18/h4,6,8,10,12,14-15,17H,3,5,7,9,11,18H2,1-2H3.